The summed E-state index contributed by atoms with van der Waals surface area (Å²) in [5.41, 5.74) is 2.70. The number of sulfonamides is 1. The molecule has 2 aromatic heterocycles. The van der Waals surface area contributed by atoms with Crippen LogP contribution in [0.5, 0.6) is 17.2 Å². The van der Waals surface area contributed by atoms with Crippen LogP contribution < -0.4 is 19.5 Å². The molecular weight excluding hydrogens is 761 g/mol. The number of benzene rings is 3. The van der Waals surface area contributed by atoms with Crippen LogP contribution in [0.15, 0.2) is 90.1 Å². The third kappa shape index (κ3) is 8.52. The lowest BCUT2D eigenvalue weighted by Crippen LogP contribution is -2.37. The number of aromatic amines is 1. The number of fused-ring (bicyclic) bond motifs is 1. The van der Waals surface area contributed by atoms with Crippen LogP contribution in [0.25, 0.3) is 11.0 Å². The number of amides is 1. The SMILES string of the molecule is COc1ccccc1C1CCCN1C1CCC(c2ccc(C(=O)NS(=O)(=O)c3ccc(NCC4CCOCC4)c([N+](=O)[O-])c3)c(Oc3cnc4[nH]ccc4c3)c2)CC1. The van der Waals surface area contributed by atoms with Gasteiger partial charge in [-0.2, -0.15) is 0 Å². The molecule has 1 amide bonds. The summed E-state index contributed by atoms with van der Waals surface area (Å²) in [6.07, 6.45) is 11.1. The van der Waals surface area contributed by atoms with Gasteiger partial charge in [-0.15, -0.1) is 0 Å². The topological polar surface area (TPSA) is 178 Å². The molecule has 0 spiro atoms. The number of para-hydroxylation sites is 1. The fourth-order valence-corrected chi connectivity index (χ4v) is 9.82. The van der Waals surface area contributed by atoms with Crippen LogP contribution in [0.1, 0.15) is 84.8 Å². The van der Waals surface area contributed by atoms with Gasteiger partial charge >= 0.3 is 0 Å². The lowest BCUT2D eigenvalue weighted by molar-refractivity contribution is -0.384. The van der Waals surface area contributed by atoms with Gasteiger partial charge in [0.1, 0.15) is 28.6 Å². The minimum absolute atomic E-state index is 0.00357. The number of ether oxygens (including phenoxy) is 3. The Balaban J connectivity index is 1.01. The smallest absolute Gasteiger partial charge is 0.293 e. The van der Waals surface area contributed by atoms with E-state index in [1.807, 2.05) is 30.3 Å². The molecule has 15 heteroatoms. The molecule has 3 aromatic carbocycles. The molecule has 5 aromatic rings. The number of nitrogens with one attached hydrogen (secondary N) is 3. The minimum Gasteiger partial charge on any atom is -0.496 e. The predicted octanol–water partition coefficient (Wildman–Crippen LogP) is 8.09. The third-order valence-corrected chi connectivity index (χ3v) is 13.2. The first-order valence-corrected chi connectivity index (χ1v) is 21.5. The lowest BCUT2D eigenvalue weighted by Gasteiger charge is -2.38. The van der Waals surface area contributed by atoms with Crippen LogP contribution >= 0.6 is 0 Å². The van der Waals surface area contributed by atoms with E-state index in [2.05, 4.69) is 37.0 Å². The fraction of sp³-hybridized carbons (Fsp3) is 0.395. The maximum Gasteiger partial charge on any atom is 0.293 e. The van der Waals surface area contributed by atoms with Gasteiger partial charge in [0.2, 0.25) is 0 Å². The molecule has 4 heterocycles. The Morgan fingerprint density at radius 1 is 0.983 bits per heavy atom. The van der Waals surface area contributed by atoms with Crippen LogP contribution in [0.3, 0.4) is 0 Å². The Labute approximate surface area is 337 Å². The van der Waals surface area contributed by atoms with Crippen molar-refractivity contribution in [3.63, 3.8) is 0 Å². The highest BCUT2D eigenvalue weighted by molar-refractivity contribution is 7.90. The van der Waals surface area contributed by atoms with Gasteiger partial charge in [0, 0.05) is 55.1 Å². The highest BCUT2D eigenvalue weighted by Gasteiger charge is 2.36. The maximum absolute atomic E-state index is 13.9. The summed E-state index contributed by atoms with van der Waals surface area (Å²) in [6, 6.07) is 21.6. The van der Waals surface area contributed by atoms with E-state index in [-0.39, 0.29) is 28.8 Å². The van der Waals surface area contributed by atoms with Crippen molar-refractivity contribution in [2.75, 3.05) is 38.7 Å². The molecule has 3 fully saturated rings. The van der Waals surface area contributed by atoms with Crippen molar-refractivity contribution < 1.29 is 32.3 Å². The minimum atomic E-state index is -4.53. The molecule has 1 atom stereocenters. The summed E-state index contributed by atoms with van der Waals surface area (Å²) in [7, 11) is -2.81. The number of hydrogen-bond acceptors (Lipinski definition) is 11. The number of H-pyrrole nitrogens is 1. The van der Waals surface area contributed by atoms with Gasteiger partial charge in [-0.25, -0.2) is 18.1 Å². The van der Waals surface area contributed by atoms with Crippen molar-refractivity contribution in [1.82, 2.24) is 19.6 Å². The standard InChI is InChI=1S/C43H48N6O8S/c1-55-40-7-3-2-5-35(40)38-6-4-20-48(38)32-11-8-29(9-12-32)30-10-14-36(41(24-30)57-33-23-31-16-19-44-42(31)46-27-33)43(50)47-58(53,54)34-13-15-37(39(25-34)49(51)52)45-26-28-17-21-56-22-18-28/h2-3,5,7,10,13-16,19,23-25,27-29,32,38,45H,4,6,8-9,11-12,17-18,20-22,26H2,1H3,(H,44,46)(H,47,50). The van der Waals surface area contributed by atoms with E-state index in [1.54, 1.807) is 31.6 Å². The Morgan fingerprint density at radius 3 is 2.59 bits per heavy atom. The largest absolute Gasteiger partial charge is 0.496 e. The number of anilines is 1. The number of pyridine rings is 1. The van der Waals surface area contributed by atoms with Gasteiger partial charge < -0.3 is 24.5 Å². The Hall–Kier alpha value is -5.51. The highest BCUT2D eigenvalue weighted by Crippen LogP contribution is 2.44. The van der Waals surface area contributed by atoms with Gasteiger partial charge in [0.25, 0.3) is 21.6 Å². The van der Waals surface area contributed by atoms with E-state index >= 15 is 0 Å². The normalized spacial score (nSPS) is 20.5. The average Bonchev–Trinajstić information content (AvgIpc) is 3.93. The van der Waals surface area contributed by atoms with E-state index in [4.69, 9.17) is 14.2 Å². The van der Waals surface area contributed by atoms with Crippen LogP contribution in [-0.2, 0) is 14.8 Å². The highest BCUT2D eigenvalue weighted by atomic mass is 32.2. The van der Waals surface area contributed by atoms with Crippen LogP contribution in [-0.4, -0.2) is 73.6 Å². The Morgan fingerprint density at radius 2 is 1.79 bits per heavy atom. The maximum atomic E-state index is 13.9. The molecule has 1 saturated carbocycles. The monoisotopic (exact) mass is 808 g/mol. The Bertz CT molecular complexity index is 2390. The fourth-order valence-electron chi connectivity index (χ4n) is 8.83. The second-order valence-corrected chi connectivity index (χ2v) is 17.1. The summed E-state index contributed by atoms with van der Waals surface area (Å²) < 4.78 is 46.9. The number of aromatic nitrogens is 2. The second-order valence-electron chi connectivity index (χ2n) is 15.4. The van der Waals surface area contributed by atoms with Gasteiger partial charge in [-0.1, -0.05) is 24.3 Å². The predicted molar refractivity (Wildman–Crippen MR) is 219 cm³/mol. The zero-order chi connectivity index (χ0) is 40.2. The number of carbonyl (C=O) groups excluding carboxylic acids is 1. The number of methoxy groups -OCH3 is 1. The molecule has 1 aliphatic carbocycles. The first kappa shape index (κ1) is 39.3. The molecule has 58 heavy (non-hydrogen) atoms. The van der Waals surface area contributed by atoms with Crippen molar-refractivity contribution in [2.24, 2.45) is 5.92 Å². The molecule has 14 nitrogen and oxygen atoms in total. The first-order valence-electron chi connectivity index (χ1n) is 20.0. The third-order valence-electron chi connectivity index (χ3n) is 11.9. The summed E-state index contributed by atoms with van der Waals surface area (Å²) in [4.78, 5) is 35.0. The molecular formula is C43H48N6O8S. The van der Waals surface area contributed by atoms with Crippen molar-refractivity contribution >= 4 is 38.3 Å². The summed E-state index contributed by atoms with van der Waals surface area (Å²) in [5.74, 6) is 1.04. The zero-order valence-corrected chi connectivity index (χ0v) is 33.2. The lowest BCUT2D eigenvalue weighted by atomic mass is 9.80. The van der Waals surface area contributed by atoms with Crippen LogP contribution in [0, 0.1) is 16.0 Å². The van der Waals surface area contributed by atoms with Gasteiger partial charge in [0.15, 0.2) is 0 Å². The Kier molecular flexibility index (Phi) is 11.6. The summed E-state index contributed by atoms with van der Waals surface area (Å²) in [5, 5.41) is 16.0. The van der Waals surface area contributed by atoms with Gasteiger partial charge in [-0.05, 0) is 118 Å². The average molecular weight is 809 g/mol. The van der Waals surface area contributed by atoms with E-state index in [9.17, 15) is 23.3 Å². The van der Waals surface area contributed by atoms with Crippen molar-refractivity contribution in [2.45, 2.75) is 74.3 Å². The second kappa shape index (κ2) is 17.1. The van der Waals surface area contributed by atoms with E-state index in [0.717, 1.165) is 80.7 Å². The number of carbonyl (C=O) groups is 1. The number of likely N-dealkylation sites (tertiary alicyclic amines) is 1. The molecule has 3 aliphatic rings. The van der Waals surface area contributed by atoms with Gasteiger partial charge in [0.05, 0.1) is 28.7 Å². The summed E-state index contributed by atoms with van der Waals surface area (Å²) >= 11 is 0. The molecule has 304 valence electrons. The number of nitro benzene ring substituents is 1. The van der Waals surface area contributed by atoms with Crippen molar-refractivity contribution in [3.8, 4) is 17.2 Å². The zero-order valence-electron chi connectivity index (χ0n) is 32.4. The quantitative estimate of drug-likeness (QED) is 0.0774. The van der Waals surface area contributed by atoms with Crippen molar-refractivity contribution in [3.05, 3.63) is 112 Å². The molecule has 0 bridgehead atoms. The van der Waals surface area contributed by atoms with Gasteiger partial charge in [-0.3, -0.25) is 19.8 Å². The molecule has 3 N–H and O–H groups in total. The molecule has 2 aliphatic heterocycles. The first-order chi connectivity index (χ1) is 28.2. The molecule has 2 saturated heterocycles. The summed E-state index contributed by atoms with van der Waals surface area (Å²) in [6.45, 7) is 2.80. The van der Waals surface area contributed by atoms with E-state index in [1.165, 1.54) is 17.7 Å². The molecule has 0 radical (unpaired) electrons. The number of nitro groups is 1. The molecule has 8 rings (SSSR count). The van der Waals surface area contributed by atoms with Crippen molar-refractivity contribution in [1.29, 1.82) is 0 Å². The number of rotatable bonds is 13. The number of nitrogens with zero attached hydrogens (tertiary/aromatic N) is 3. The number of hydrogen-bond donors (Lipinski definition) is 3. The van der Waals surface area contributed by atoms with Crippen LogP contribution in [0.2, 0.25) is 0 Å². The molecule has 1 unspecified atom stereocenters. The van der Waals surface area contributed by atoms with E-state index < -0.39 is 31.4 Å². The van der Waals surface area contributed by atoms with Crippen LogP contribution in [0.4, 0.5) is 11.4 Å². The van der Waals surface area contributed by atoms with E-state index in [0.29, 0.717) is 43.2 Å².